The number of pyridine rings is 1. The number of aromatic nitrogens is 1. The standard InChI is InChI=1S/C17H21NO3/c1-2-3-4-7-10-21-16(19)12-14-11-13-8-5-6-9-15(13)18-17(14)20/h5-6,8-9,11H,2-4,7,10,12H2,1H3,(H,18,20). The Kier molecular flexibility index (Phi) is 5.55. The largest absolute Gasteiger partial charge is 0.465 e. The molecule has 0 atom stereocenters. The van der Waals surface area contributed by atoms with E-state index >= 15 is 0 Å². The van der Waals surface area contributed by atoms with Crippen LogP contribution in [-0.4, -0.2) is 17.6 Å². The van der Waals surface area contributed by atoms with Gasteiger partial charge in [-0.05, 0) is 23.9 Å². The minimum atomic E-state index is -0.340. The van der Waals surface area contributed by atoms with E-state index in [-0.39, 0.29) is 17.9 Å². The Hall–Kier alpha value is -2.10. The van der Waals surface area contributed by atoms with Gasteiger partial charge < -0.3 is 9.72 Å². The second kappa shape index (κ2) is 7.62. The molecule has 112 valence electrons. The number of carbonyl (C=O) groups is 1. The quantitative estimate of drug-likeness (QED) is 0.628. The molecular formula is C17H21NO3. The number of H-pyrrole nitrogens is 1. The van der Waals surface area contributed by atoms with E-state index < -0.39 is 0 Å². The van der Waals surface area contributed by atoms with Gasteiger partial charge in [-0.1, -0.05) is 44.4 Å². The van der Waals surface area contributed by atoms with Gasteiger partial charge in [0.2, 0.25) is 0 Å². The zero-order valence-electron chi connectivity index (χ0n) is 12.4. The Morgan fingerprint density at radius 2 is 2.00 bits per heavy atom. The molecule has 0 saturated heterocycles. The highest BCUT2D eigenvalue weighted by molar-refractivity contribution is 5.80. The lowest BCUT2D eigenvalue weighted by molar-refractivity contribution is -0.142. The molecule has 0 fully saturated rings. The average molecular weight is 287 g/mol. The molecule has 0 unspecified atom stereocenters. The smallest absolute Gasteiger partial charge is 0.310 e. The van der Waals surface area contributed by atoms with Crippen molar-refractivity contribution >= 4 is 16.9 Å². The zero-order chi connectivity index (χ0) is 15.1. The monoisotopic (exact) mass is 287 g/mol. The predicted octanol–water partition coefficient (Wildman–Crippen LogP) is 3.19. The van der Waals surface area contributed by atoms with Crippen LogP contribution in [0.15, 0.2) is 35.1 Å². The Morgan fingerprint density at radius 1 is 1.19 bits per heavy atom. The summed E-state index contributed by atoms with van der Waals surface area (Å²) in [4.78, 5) is 26.5. The van der Waals surface area contributed by atoms with Crippen LogP contribution in [0.5, 0.6) is 0 Å². The van der Waals surface area contributed by atoms with Crippen LogP contribution >= 0.6 is 0 Å². The lowest BCUT2D eigenvalue weighted by atomic mass is 10.1. The summed E-state index contributed by atoms with van der Waals surface area (Å²) >= 11 is 0. The third-order valence-electron chi connectivity index (χ3n) is 3.43. The number of carbonyl (C=O) groups excluding carboxylic acids is 1. The predicted molar refractivity (Wildman–Crippen MR) is 83.4 cm³/mol. The fourth-order valence-electron chi connectivity index (χ4n) is 2.25. The SMILES string of the molecule is CCCCCCOC(=O)Cc1cc2ccccc2[nH]c1=O. The van der Waals surface area contributed by atoms with Crippen LogP contribution < -0.4 is 5.56 Å². The molecule has 0 aliphatic carbocycles. The van der Waals surface area contributed by atoms with Crippen molar-refractivity contribution in [2.45, 2.75) is 39.0 Å². The third kappa shape index (κ3) is 4.45. The van der Waals surface area contributed by atoms with E-state index in [9.17, 15) is 9.59 Å². The van der Waals surface area contributed by atoms with Gasteiger partial charge in [0.25, 0.3) is 5.56 Å². The fraction of sp³-hybridized carbons (Fsp3) is 0.412. The number of benzene rings is 1. The van der Waals surface area contributed by atoms with Crippen LogP contribution in [0.3, 0.4) is 0 Å². The van der Waals surface area contributed by atoms with Gasteiger partial charge in [0.1, 0.15) is 0 Å². The summed E-state index contributed by atoms with van der Waals surface area (Å²) in [5.41, 5.74) is 1.00. The maximum Gasteiger partial charge on any atom is 0.310 e. The van der Waals surface area contributed by atoms with Crippen LogP contribution in [-0.2, 0) is 16.0 Å². The molecular weight excluding hydrogens is 266 g/mol. The van der Waals surface area contributed by atoms with Gasteiger partial charge in [-0.25, -0.2) is 0 Å². The van der Waals surface area contributed by atoms with E-state index in [0.29, 0.717) is 12.2 Å². The molecule has 0 spiro atoms. The number of para-hydroxylation sites is 1. The molecule has 0 amide bonds. The first-order valence-corrected chi connectivity index (χ1v) is 7.47. The first-order valence-electron chi connectivity index (χ1n) is 7.47. The third-order valence-corrected chi connectivity index (χ3v) is 3.43. The summed E-state index contributed by atoms with van der Waals surface area (Å²) in [6.45, 7) is 2.57. The van der Waals surface area contributed by atoms with E-state index in [4.69, 9.17) is 4.74 Å². The normalized spacial score (nSPS) is 10.7. The zero-order valence-corrected chi connectivity index (χ0v) is 12.4. The molecule has 0 aliphatic heterocycles. The number of nitrogens with one attached hydrogen (secondary N) is 1. The maximum absolute atomic E-state index is 11.9. The first kappa shape index (κ1) is 15.3. The van der Waals surface area contributed by atoms with E-state index in [1.54, 1.807) is 6.07 Å². The van der Waals surface area contributed by atoms with Crippen molar-refractivity contribution in [2.24, 2.45) is 0 Å². The molecule has 0 bridgehead atoms. The van der Waals surface area contributed by atoms with Gasteiger partial charge in [-0.3, -0.25) is 9.59 Å². The van der Waals surface area contributed by atoms with Gasteiger partial charge in [0.05, 0.1) is 13.0 Å². The minimum Gasteiger partial charge on any atom is -0.465 e. The van der Waals surface area contributed by atoms with Gasteiger partial charge in [-0.2, -0.15) is 0 Å². The number of esters is 1. The van der Waals surface area contributed by atoms with Gasteiger partial charge in [0.15, 0.2) is 0 Å². The van der Waals surface area contributed by atoms with E-state index in [0.717, 1.165) is 36.6 Å². The van der Waals surface area contributed by atoms with Crippen molar-refractivity contribution in [3.8, 4) is 0 Å². The number of ether oxygens (including phenoxy) is 1. The van der Waals surface area contributed by atoms with Crippen molar-refractivity contribution in [3.05, 3.63) is 46.2 Å². The lowest BCUT2D eigenvalue weighted by Crippen LogP contribution is -2.18. The van der Waals surface area contributed by atoms with Crippen LogP contribution in [0.25, 0.3) is 10.9 Å². The highest BCUT2D eigenvalue weighted by Gasteiger charge is 2.09. The molecule has 4 nitrogen and oxygen atoms in total. The molecule has 2 rings (SSSR count). The Bertz CT molecular complexity index is 660. The van der Waals surface area contributed by atoms with Crippen LogP contribution in [0, 0.1) is 0 Å². The van der Waals surface area contributed by atoms with Crippen molar-refractivity contribution in [3.63, 3.8) is 0 Å². The van der Waals surface area contributed by atoms with E-state index in [1.807, 2.05) is 24.3 Å². The highest BCUT2D eigenvalue weighted by Crippen LogP contribution is 2.10. The molecule has 1 N–H and O–H groups in total. The number of aromatic amines is 1. The molecule has 2 aromatic rings. The lowest BCUT2D eigenvalue weighted by Gasteiger charge is -2.05. The molecule has 21 heavy (non-hydrogen) atoms. The van der Waals surface area contributed by atoms with Crippen LogP contribution in [0.4, 0.5) is 0 Å². The average Bonchev–Trinajstić information content (AvgIpc) is 2.48. The molecule has 1 aromatic carbocycles. The van der Waals surface area contributed by atoms with Crippen molar-refractivity contribution < 1.29 is 9.53 Å². The highest BCUT2D eigenvalue weighted by atomic mass is 16.5. The Balaban J connectivity index is 1.94. The molecule has 1 aromatic heterocycles. The number of hydrogen-bond donors (Lipinski definition) is 1. The summed E-state index contributed by atoms with van der Waals surface area (Å²) in [6, 6.07) is 9.27. The van der Waals surface area contributed by atoms with Crippen molar-refractivity contribution in [2.75, 3.05) is 6.61 Å². The number of fused-ring (bicyclic) bond motifs is 1. The van der Waals surface area contributed by atoms with Crippen molar-refractivity contribution in [1.29, 1.82) is 0 Å². The summed E-state index contributed by atoms with van der Waals surface area (Å²) < 4.78 is 5.17. The summed E-state index contributed by atoms with van der Waals surface area (Å²) in [6.07, 6.45) is 4.28. The Morgan fingerprint density at radius 3 is 2.81 bits per heavy atom. The van der Waals surface area contributed by atoms with Crippen LogP contribution in [0.1, 0.15) is 38.2 Å². The first-order chi connectivity index (χ1) is 10.2. The van der Waals surface area contributed by atoms with Gasteiger partial charge >= 0.3 is 5.97 Å². The number of rotatable bonds is 7. The number of unbranched alkanes of at least 4 members (excludes halogenated alkanes) is 3. The van der Waals surface area contributed by atoms with Crippen molar-refractivity contribution in [1.82, 2.24) is 4.98 Å². The second-order valence-corrected chi connectivity index (χ2v) is 5.17. The minimum absolute atomic E-state index is 0.0218. The topological polar surface area (TPSA) is 59.2 Å². The van der Waals surface area contributed by atoms with E-state index in [2.05, 4.69) is 11.9 Å². The number of hydrogen-bond acceptors (Lipinski definition) is 3. The molecule has 1 heterocycles. The van der Waals surface area contributed by atoms with E-state index in [1.165, 1.54) is 0 Å². The Labute approximate surface area is 124 Å². The molecule has 0 aliphatic rings. The van der Waals surface area contributed by atoms with Gasteiger partial charge in [-0.15, -0.1) is 0 Å². The van der Waals surface area contributed by atoms with Crippen LogP contribution in [0.2, 0.25) is 0 Å². The molecule has 0 radical (unpaired) electrons. The molecule has 4 heteroatoms. The maximum atomic E-state index is 11.9. The second-order valence-electron chi connectivity index (χ2n) is 5.17. The summed E-state index contributed by atoms with van der Waals surface area (Å²) in [5.74, 6) is -0.340. The fourth-order valence-corrected chi connectivity index (χ4v) is 2.25. The summed E-state index contributed by atoms with van der Waals surface area (Å²) in [7, 11) is 0. The summed E-state index contributed by atoms with van der Waals surface area (Å²) in [5, 5.41) is 0.919. The van der Waals surface area contributed by atoms with Gasteiger partial charge in [0, 0.05) is 11.1 Å². The molecule has 0 saturated carbocycles.